The maximum atomic E-state index is 12.6. The Kier molecular flexibility index (Phi) is 84.0. The molecule has 0 aliphatic rings. The molecule has 0 aliphatic carbocycles. The van der Waals surface area contributed by atoms with Crippen LogP contribution in [-0.2, 0) is 56.4 Å². The highest BCUT2D eigenvalue weighted by atomic mass is 31.1. The van der Waals surface area contributed by atoms with Crippen molar-refractivity contribution in [3.8, 4) is 0 Å². The van der Waals surface area contributed by atoms with E-state index in [2.05, 4.69) is 47.8 Å². The van der Waals surface area contributed by atoms with E-state index in [9.17, 15) is 28.5 Å². The van der Waals surface area contributed by atoms with Crippen LogP contribution in [0, 0.1) is 0 Å². The third kappa shape index (κ3) is 82.2. The molecule has 2 amide bonds. The number of amides is 2. The number of carbonyl (C=O) groups is 5. The highest BCUT2D eigenvalue weighted by molar-refractivity contribution is 7.33. The predicted molar refractivity (Wildman–Crippen MR) is 415 cm³/mol. The minimum Gasteiger partial charge on any atom is -0.462 e. The van der Waals surface area contributed by atoms with Gasteiger partial charge in [0.2, 0.25) is 0 Å². The number of hydrogen-bond donors (Lipinski definition) is 2. The number of methoxy groups -OCH3 is 2. The number of carbonyl (C=O) groups excluding carboxylic acids is 5. The van der Waals surface area contributed by atoms with Gasteiger partial charge in [-0.3, -0.25) is 14.4 Å². The summed E-state index contributed by atoms with van der Waals surface area (Å²) in [7, 11) is 0.117. The lowest BCUT2D eigenvalue weighted by Gasteiger charge is -2.18. The zero-order valence-corrected chi connectivity index (χ0v) is 67.2. The van der Waals surface area contributed by atoms with Crippen molar-refractivity contribution in [3.05, 3.63) is 0 Å². The van der Waals surface area contributed by atoms with Gasteiger partial charge in [-0.25, -0.2) is 9.59 Å². The molecule has 0 aromatic heterocycles. The molecule has 17 heteroatoms. The Bertz CT molecular complexity index is 1750. The van der Waals surface area contributed by atoms with Crippen molar-refractivity contribution in [2.75, 3.05) is 60.3 Å². The van der Waals surface area contributed by atoms with Crippen LogP contribution in [0.4, 0.5) is 9.59 Å². The summed E-state index contributed by atoms with van der Waals surface area (Å²) in [6.45, 7) is 9.90. The summed E-state index contributed by atoms with van der Waals surface area (Å²) in [5.41, 5.74) is 0. The van der Waals surface area contributed by atoms with Crippen molar-refractivity contribution < 1.29 is 66.0 Å². The van der Waals surface area contributed by atoms with Gasteiger partial charge < -0.3 is 39.1 Å². The number of rotatable bonds is 79. The Morgan fingerprint density at radius 1 is 0.290 bits per heavy atom. The van der Waals surface area contributed by atoms with Gasteiger partial charge in [-0.15, -0.1) is 9.05 Å². The molecule has 0 aliphatic heterocycles. The molecule has 0 fully saturated rings. The number of alkyl carbamates (subject to hydrolysis) is 2. The Labute approximate surface area is 616 Å². The van der Waals surface area contributed by atoms with E-state index in [1.165, 1.54) is 329 Å². The topological polar surface area (TPSA) is 200 Å². The van der Waals surface area contributed by atoms with Gasteiger partial charge in [-0.1, -0.05) is 387 Å². The number of unbranched alkanes of at least 4 members (excludes halogenated alkanes) is 56. The Morgan fingerprint density at radius 2 is 0.560 bits per heavy atom. The molecular weight excluding hydrogens is 1280 g/mol. The van der Waals surface area contributed by atoms with Gasteiger partial charge >= 0.3 is 38.3 Å². The van der Waals surface area contributed by atoms with E-state index in [0.29, 0.717) is 25.9 Å². The van der Waals surface area contributed by atoms with Crippen molar-refractivity contribution >= 4 is 38.3 Å². The van der Waals surface area contributed by atoms with E-state index in [-0.39, 0.29) is 57.4 Å². The van der Waals surface area contributed by atoms with Crippen LogP contribution in [0.15, 0.2) is 0 Å². The summed E-state index contributed by atoms with van der Waals surface area (Å²) in [5, 5.41) is 5.00. The normalized spacial score (nSPS) is 12.0. The Hall–Kier alpha value is -3.07. The van der Waals surface area contributed by atoms with Gasteiger partial charge in [0.05, 0.1) is 27.4 Å². The van der Waals surface area contributed by atoms with Crippen LogP contribution in [-0.4, -0.2) is 103 Å². The van der Waals surface area contributed by atoms with Crippen LogP contribution < -0.4 is 10.6 Å². The molecule has 2 N–H and O–H groups in total. The van der Waals surface area contributed by atoms with Crippen molar-refractivity contribution in [2.24, 2.45) is 0 Å². The molecule has 0 heterocycles. The predicted octanol–water partition coefficient (Wildman–Crippen LogP) is 25.4. The lowest BCUT2D eigenvalue weighted by atomic mass is 10.0. The fourth-order valence-electron chi connectivity index (χ4n) is 12.5. The summed E-state index contributed by atoms with van der Waals surface area (Å²) in [4.78, 5) is 60.1. The third-order valence-electron chi connectivity index (χ3n) is 19.0. The molecule has 0 aromatic carbocycles. The second-order valence-corrected chi connectivity index (χ2v) is 29.6. The smallest absolute Gasteiger partial charge is 0.462 e. The first-order chi connectivity index (χ1) is 49.1. The first kappa shape index (κ1) is 99.0. The van der Waals surface area contributed by atoms with Crippen molar-refractivity contribution in [3.63, 3.8) is 0 Å². The van der Waals surface area contributed by atoms with Crippen molar-refractivity contribution in [1.29, 1.82) is 0 Å². The fourth-order valence-corrected chi connectivity index (χ4v) is 13.1. The maximum Gasteiger partial charge on any atom is 0.697 e. The zero-order chi connectivity index (χ0) is 73.2. The molecule has 0 radical (unpaired) electrons. The standard InChI is InChI=1S/C42H82NO8P.C41H79NO6/c1-4-6-8-10-12-14-16-18-20-22-24-26-28-30-32-34-41(44)51-40(39-50-52(46)49-37-35-43-42(45)47-3)38-48-36-33-31-29-27-25-23-21-19-17-15-13-11-9-7-5-2;1-4-6-8-10-12-14-16-18-20-22-24-26-28-30-32-34-39(43)47-37-38(36-42-41(45)46-3)48-40(44)35-33-31-29-27-25-23-21-19-17-15-13-11-9-7-5-2/h40H,4-39H2,1-3H3;38H,4-37H2,1-3H3,(H,42,45)/p+1/t40-;/m1./s1. The van der Waals surface area contributed by atoms with Crippen molar-refractivity contribution in [1.82, 2.24) is 10.6 Å². The van der Waals surface area contributed by atoms with Crippen LogP contribution in [0.2, 0.25) is 0 Å². The van der Waals surface area contributed by atoms with E-state index in [4.69, 9.17) is 28.0 Å². The molecule has 0 aromatic rings. The lowest BCUT2D eigenvalue weighted by molar-refractivity contribution is -0.158. The van der Waals surface area contributed by atoms with Crippen LogP contribution in [0.3, 0.4) is 0 Å². The largest absolute Gasteiger partial charge is 0.697 e. The number of hydrogen-bond acceptors (Lipinski definition) is 14. The summed E-state index contributed by atoms with van der Waals surface area (Å²) < 4.78 is 54.3. The number of ether oxygens (including phenoxy) is 6. The van der Waals surface area contributed by atoms with Gasteiger partial charge in [0, 0.05) is 37.0 Å². The summed E-state index contributed by atoms with van der Waals surface area (Å²) >= 11 is 0. The average molecular weight is 1440 g/mol. The molecule has 592 valence electrons. The van der Waals surface area contributed by atoms with Gasteiger partial charge in [-0.2, -0.15) is 0 Å². The molecule has 16 nitrogen and oxygen atoms in total. The molecule has 2 unspecified atom stereocenters. The Morgan fingerprint density at radius 3 is 0.870 bits per heavy atom. The minimum absolute atomic E-state index is 0.00362. The van der Waals surface area contributed by atoms with Crippen LogP contribution >= 0.6 is 8.25 Å². The number of nitrogens with one attached hydrogen (secondary N) is 2. The SMILES string of the molecule is CCCCCCCCCCCCCCCCCC(=O)OCC(CNC(=O)OC)OC(=O)CCCCCCCCCCCCCCCCC.CCCCCCCCCCCCCCCCCOC[C@H](CO[P+](=O)OCCNC(=O)OC)OC(=O)CCCCCCCCCCCCCCCCC. The van der Waals surface area contributed by atoms with Gasteiger partial charge in [-0.05, 0) is 25.7 Å². The van der Waals surface area contributed by atoms with Crippen LogP contribution in [0.5, 0.6) is 0 Å². The monoisotopic (exact) mass is 1440 g/mol. The van der Waals surface area contributed by atoms with E-state index in [1.54, 1.807) is 0 Å². The molecule has 0 rings (SSSR count). The quantitative estimate of drug-likeness (QED) is 0.0252. The second kappa shape index (κ2) is 84.9. The molecule has 0 bridgehead atoms. The molecule has 0 saturated carbocycles. The molecule has 0 spiro atoms. The summed E-state index contributed by atoms with van der Waals surface area (Å²) in [6.07, 6.45) is 75.6. The molecular formula is C83H162N2O14P+. The highest BCUT2D eigenvalue weighted by Gasteiger charge is 2.26. The summed E-state index contributed by atoms with van der Waals surface area (Å²) in [6, 6.07) is 0. The van der Waals surface area contributed by atoms with Gasteiger partial charge in [0.1, 0.15) is 19.8 Å². The molecule has 3 atom stereocenters. The fraction of sp³-hybridized carbons (Fsp3) is 0.940. The first-order valence-corrected chi connectivity index (χ1v) is 43.6. The molecule has 100 heavy (non-hydrogen) atoms. The van der Waals surface area contributed by atoms with Crippen LogP contribution in [0.1, 0.15) is 432 Å². The third-order valence-corrected chi connectivity index (χ3v) is 19.7. The van der Waals surface area contributed by atoms with E-state index >= 15 is 0 Å². The first-order valence-electron chi connectivity index (χ1n) is 42.5. The van der Waals surface area contributed by atoms with Gasteiger partial charge in [0.15, 0.2) is 12.2 Å². The highest BCUT2D eigenvalue weighted by Crippen LogP contribution is 2.25. The average Bonchev–Trinajstić information content (AvgIpc) is 1.42. The summed E-state index contributed by atoms with van der Waals surface area (Å²) in [5.74, 6) is -0.886. The Balaban J connectivity index is 0. The van der Waals surface area contributed by atoms with E-state index in [1.807, 2.05) is 0 Å². The maximum absolute atomic E-state index is 12.6. The van der Waals surface area contributed by atoms with Crippen LogP contribution in [0.25, 0.3) is 0 Å². The number of esters is 3. The second-order valence-electron chi connectivity index (χ2n) is 28.7. The lowest BCUT2D eigenvalue weighted by Crippen LogP contribution is -2.38. The zero-order valence-electron chi connectivity index (χ0n) is 66.3. The van der Waals surface area contributed by atoms with E-state index < -0.39 is 32.6 Å². The molecule has 0 saturated heterocycles. The minimum atomic E-state index is -2.43. The van der Waals surface area contributed by atoms with Crippen molar-refractivity contribution in [2.45, 2.75) is 444 Å². The van der Waals surface area contributed by atoms with Gasteiger partial charge in [0.25, 0.3) is 0 Å². The van der Waals surface area contributed by atoms with E-state index in [0.717, 1.165) is 70.6 Å².